The number of carbonyl (C=O) groups is 1. The number of carbonyl (C=O) groups excluding carboxylic acids is 1. The van der Waals surface area contributed by atoms with Crippen LogP contribution in [0.1, 0.15) is 37.0 Å². The van der Waals surface area contributed by atoms with Crippen LogP contribution in [0.5, 0.6) is 0 Å². The molecule has 0 radical (unpaired) electrons. The number of thiophene rings is 1. The first kappa shape index (κ1) is 13.6. The summed E-state index contributed by atoms with van der Waals surface area (Å²) in [4.78, 5) is 13.1. The lowest BCUT2D eigenvalue weighted by Crippen LogP contribution is -2.41. The standard InChI is InChI=1S/C14H22N2OS/c17-14(16-12-5-2-1-3-6-12)11-15-9-8-13-7-4-10-18-13/h4,7,10,12,15H,1-3,5-6,8-9,11H2,(H,16,17). The second kappa shape index (κ2) is 7.54. The van der Waals surface area contributed by atoms with Gasteiger partial charge in [0.05, 0.1) is 6.54 Å². The SMILES string of the molecule is O=C(CNCCc1cccs1)NC1CCCCC1. The largest absolute Gasteiger partial charge is 0.352 e. The number of nitrogens with one attached hydrogen (secondary N) is 2. The quantitative estimate of drug-likeness (QED) is 0.776. The maximum absolute atomic E-state index is 11.7. The second-order valence-electron chi connectivity index (χ2n) is 4.91. The van der Waals surface area contributed by atoms with Gasteiger partial charge in [0.15, 0.2) is 0 Å². The summed E-state index contributed by atoms with van der Waals surface area (Å²) in [6, 6.07) is 4.62. The van der Waals surface area contributed by atoms with Gasteiger partial charge in [-0.2, -0.15) is 0 Å². The zero-order valence-electron chi connectivity index (χ0n) is 10.8. The summed E-state index contributed by atoms with van der Waals surface area (Å²) in [6.45, 7) is 1.32. The number of hydrogen-bond acceptors (Lipinski definition) is 3. The van der Waals surface area contributed by atoms with Gasteiger partial charge in [-0.25, -0.2) is 0 Å². The molecule has 1 amide bonds. The van der Waals surface area contributed by atoms with E-state index < -0.39 is 0 Å². The third-order valence-electron chi connectivity index (χ3n) is 3.38. The predicted molar refractivity (Wildman–Crippen MR) is 75.9 cm³/mol. The van der Waals surface area contributed by atoms with Crippen LogP contribution in [0.4, 0.5) is 0 Å². The Hall–Kier alpha value is -0.870. The molecule has 0 aliphatic heterocycles. The first-order valence-electron chi connectivity index (χ1n) is 6.87. The van der Waals surface area contributed by atoms with E-state index in [2.05, 4.69) is 28.1 Å². The first-order chi connectivity index (χ1) is 8.84. The molecule has 0 unspecified atom stereocenters. The van der Waals surface area contributed by atoms with Gasteiger partial charge in [-0.05, 0) is 30.7 Å². The lowest BCUT2D eigenvalue weighted by atomic mass is 9.95. The molecule has 1 saturated carbocycles. The van der Waals surface area contributed by atoms with Gasteiger partial charge in [0.25, 0.3) is 0 Å². The molecule has 1 aromatic heterocycles. The van der Waals surface area contributed by atoms with Gasteiger partial charge in [-0.15, -0.1) is 11.3 Å². The second-order valence-corrected chi connectivity index (χ2v) is 5.94. The fourth-order valence-electron chi connectivity index (χ4n) is 2.39. The minimum absolute atomic E-state index is 0.146. The van der Waals surface area contributed by atoms with E-state index in [-0.39, 0.29) is 5.91 Å². The Morgan fingerprint density at radius 2 is 2.17 bits per heavy atom. The van der Waals surface area contributed by atoms with Crippen LogP contribution in [-0.4, -0.2) is 25.0 Å². The van der Waals surface area contributed by atoms with E-state index in [1.807, 2.05) is 0 Å². The molecular weight excluding hydrogens is 244 g/mol. The van der Waals surface area contributed by atoms with Crippen LogP contribution in [0.25, 0.3) is 0 Å². The van der Waals surface area contributed by atoms with Crippen LogP contribution in [-0.2, 0) is 11.2 Å². The molecule has 2 N–H and O–H groups in total. The molecule has 0 bridgehead atoms. The van der Waals surface area contributed by atoms with Gasteiger partial charge in [0.2, 0.25) is 5.91 Å². The van der Waals surface area contributed by atoms with Crippen molar-refractivity contribution in [1.82, 2.24) is 10.6 Å². The highest BCUT2D eigenvalue weighted by Gasteiger charge is 2.14. The van der Waals surface area contributed by atoms with Crippen LogP contribution in [0.3, 0.4) is 0 Å². The highest BCUT2D eigenvalue weighted by Crippen LogP contribution is 2.17. The topological polar surface area (TPSA) is 41.1 Å². The molecule has 0 aromatic carbocycles. The Morgan fingerprint density at radius 1 is 1.33 bits per heavy atom. The van der Waals surface area contributed by atoms with Crippen molar-refractivity contribution in [2.45, 2.75) is 44.6 Å². The molecule has 1 aliphatic carbocycles. The van der Waals surface area contributed by atoms with Crippen molar-refractivity contribution in [3.8, 4) is 0 Å². The Labute approximate surface area is 113 Å². The van der Waals surface area contributed by atoms with Crippen LogP contribution in [0.2, 0.25) is 0 Å². The van der Waals surface area contributed by atoms with Gasteiger partial charge >= 0.3 is 0 Å². The summed E-state index contributed by atoms with van der Waals surface area (Å²) in [5.41, 5.74) is 0. The molecule has 18 heavy (non-hydrogen) atoms. The molecule has 3 nitrogen and oxygen atoms in total. The normalized spacial score (nSPS) is 16.7. The summed E-state index contributed by atoms with van der Waals surface area (Å²) < 4.78 is 0. The number of rotatable bonds is 6. The average Bonchev–Trinajstić information content (AvgIpc) is 2.89. The van der Waals surface area contributed by atoms with E-state index >= 15 is 0 Å². The maximum Gasteiger partial charge on any atom is 0.234 e. The molecule has 1 aliphatic rings. The monoisotopic (exact) mass is 266 g/mol. The van der Waals surface area contributed by atoms with E-state index in [1.54, 1.807) is 11.3 Å². The minimum atomic E-state index is 0.146. The summed E-state index contributed by atoms with van der Waals surface area (Å²) in [7, 11) is 0. The summed E-state index contributed by atoms with van der Waals surface area (Å²) >= 11 is 1.77. The van der Waals surface area contributed by atoms with E-state index in [4.69, 9.17) is 0 Å². The molecule has 1 aromatic rings. The van der Waals surface area contributed by atoms with Gasteiger partial charge in [-0.3, -0.25) is 4.79 Å². The van der Waals surface area contributed by atoms with Crippen molar-refractivity contribution in [3.05, 3.63) is 22.4 Å². The lowest BCUT2D eigenvalue weighted by Gasteiger charge is -2.22. The van der Waals surface area contributed by atoms with Crippen molar-refractivity contribution >= 4 is 17.2 Å². The molecular formula is C14H22N2OS. The zero-order chi connectivity index (χ0) is 12.6. The van der Waals surface area contributed by atoms with E-state index in [0.29, 0.717) is 12.6 Å². The fourth-order valence-corrected chi connectivity index (χ4v) is 3.10. The molecule has 2 rings (SSSR count). The van der Waals surface area contributed by atoms with Gasteiger partial charge < -0.3 is 10.6 Å². The van der Waals surface area contributed by atoms with E-state index in [1.165, 1.54) is 24.1 Å². The van der Waals surface area contributed by atoms with Crippen molar-refractivity contribution in [2.75, 3.05) is 13.1 Å². The van der Waals surface area contributed by atoms with E-state index in [9.17, 15) is 4.79 Å². The van der Waals surface area contributed by atoms with Crippen LogP contribution in [0.15, 0.2) is 17.5 Å². The number of amides is 1. The molecule has 4 heteroatoms. The average molecular weight is 266 g/mol. The Bertz CT molecular complexity index is 345. The highest BCUT2D eigenvalue weighted by atomic mass is 32.1. The first-order valence-corrected chi connectivity index (χ1v) is 7.75. The maximum atomic E-state index is 11.7. The predicted octanol–water partition coefficient (Wildman–Crippen LogP) is 2.33. The summed E-state index contributed by atoms with van der Waals surface area (Å²) in [5.74, 6) is 0.146. The van der Waals surface area contributed by atoms with Crippen molar-refractivity contribution < 1.29 is 4.79 Å². The van der Waals surface area contributed by atoms with Crippen molar-refractivity contribution in [2.24, 2.45) is 0 Å². The van der Waals surface area contributed by atoms with E-state index in [0.717, 1.165) is 25.8 Å². The Kier molecular flexibility index (Phi) is 5.68. The Balaban J connectivity index is 1.54. The molecule has 0 atom stereocenters. The van der Waals surface area contributed by atoms with Gasteiger partial charge in [0.1, 0.15) is 0 Å². The number of hydrogen-bond donors (Lipinski definition) is 2. The van der Waals surface area contributed by atoms with Crippen LogP contribution < -0.4 is 10.6 Å². The van der Waals surface area contributed by atoms with Crippen molar-refractivity contribution in [3.63, 3.8) is 0 Å². The zero-order valence-corrected chi connectivity index (χ0v) is 11.6. The molecule has 0 spiro atoms. The fraction of sp³-hybridized carbons (Fsp3) is 0.643. The smallest absolute Gasteiger partial charge is 0.234 e. The molecule has 1 heterocycles. The molecule has 1 fully saturated rings. The lowest BCUT2D eigenvalue weighted by molar-refractivity contribution is -0.121. The third-order valence-corrected chi connectivity index (χ3v) is 4.32. The van der Waals surface area contributed by atoms with Gasteiger partial charge in [-0.1, -0.05) is 25.3 Å². The van der Waals surface area contributed by atoms with Crippen LogP contribution in [0, 0.1) is 0 Å². The van der Waals surface area contributed by atoms with Gasteiger partial charge in [0, 0.05) is 17.5 Å². The minimum Gasteiger partial charge on any atom is -0.352 e. The summed E-state index contributed by atoms with van der Waals surface area (Å²) in [5, 5.41) is 8.41. The Morgan fingerprint density at radius 3 is 2.89 bits per heavy atom. The van der Waals surface area contributed by atoms with Crippen molar-refractivity contribution in [1.29, 1.82) is 0 Å². The summed E-state index contributed by atoms with van der Waals surface area (Å²) in [6.07, 6.45) is 7.16. The third kappa shape index (κ3) is 4.78. The van der Waals surface area contributed by atoms with Crippen LogP contribution >= 0.6 is 11.3 Å². The molecule has 0 saturated heterocycles. The molecule has 100 valence electrons. The highest BCUT2D eigenvalue weighted by molar-refractivity contribution is 7.09.